The van der Waals surface area contributed by atoms with Crippen molar-refractivity contribution in [1.82, 2.24) is 30.1 Å². The van der Waals surface area contributed by atoms with E-state index in [1.54, 1.807) is 29.0 Å². The molecule has 11 heteroatoms. The third-order valence-corrected chi connectivity index (χ3v) is 8.68. The van der Waals surface area contributed by atoms with Crippen LogP contribution in [0.3, 0.4) is 0 Å². The minimum absolute atomic E-state index is 0.0640. The Morgan fingerprint density at radius 3 is 2.69 bits per heavy atom. The molecule has 1 aliphatic heterocycles. The van der Waals surface area contributed by atoms with Crippen LogP contribution in [0.25, 0.3) is 27.5 Å². The van der Waals surface area contributed by atoms with Crippen molar-refractivity contribution in [2.75, 3.05) is 23.3 Å². The van der Waals surface area contributed by atoms with Gasteiger partial charge in [-0.2, -0.15) is 10.4 Å². The monoisotopic (exact) mass is 541 g/mol. The Hall–Kier alpha value is -4.04. The predicted octanol–water partition coefficient (Wildman–Crippen LogP) is 4.49. The molecule has 5 heterocycles. The van der Waals surface area contributed by atoms with E-state index in [1.807, 2.05) is 30.5 Å². The van der Waals surface area contributed by atoms with Crippen molar-refractivity contribution >= 4 is 33.6 Å². The summed E-state index contributed by atoms with van der Waals surface area (Å²) in [6, 6.07) is 10.4. The quantitative estimate of drug-likeness (QED) is 0.366. The van der Waals surface area contributed by atoms with Crippen molar-refractivity contribution in [1.29, 1.82) is 5.26 Å². The summed E-state index contributed by atoms with van der Waals surface area (Å²) >= 11 is 1.60. The Bertz CT molecular complexity index is 1570. The third-order valence-electron chi connectivity index (χ3n) is 7.66. The van der Waals surface area contributed by atoms with Crippen molar-refractivity contribution < 1.29 is 4.79 Å². The molecule has 1 aliphatic carbocycles. The SMILES string of the molecule is CC(=O)NC1CCC2(CC1)CN(c1nnc(-c3cnc(-c4ccc5cc(C#N)cnn45)cc3NC(C)C)s1)C2. The first-order valence-corrected chi connectivity index (χ1v) is 14.1. The van der Waals surface area contributed by atoms with Crippen molar-refractivity contribution in [3.8, 4) is 28.0 Å². The van der Waals surface area contributed by atoms with Crippen LogP contribution in [-0.4, -0.2) is 55.9 Å². The molecule has 39 heavy (non-hydrogen) atoms. The molecule has 0 radical (unpaired) electrons. The van der Waals surface area contributed by atoms with Crippen LogP contribution in [0.2, 0.25) is 0 Å². The van der Waals surface area contributed by atoms with Gasteiger partial charge < -0.3 is 15.5 Å². The van der Waals surface area contributed by atoms with Crippen molar-refractivity contribution in [2.45, 2.75) is 58.5 Å². The minimum Gasteiger partial charge on any atom is -0.382 e. The molecule has 10 nitrogen and oxygen atoms in total. The maximum atomic E-state index is 11.4. The zero-order valence-electron chi connectivity index (χ0n) is 22.3. The van der Waals surface area contributed by atoms with E-state index >= 15 is 0 Å². The largest absolute Gasteiger partial charge is 0.382 e. The number of nitriles is 1. The van der Waals surface area contributed by atoms with Gasteiger partial charge in [0.05, 0.1) is 34.2 Å². The molecule has 1 saturated carbocycles. The van der Waals surface area contributed by atoms with Crippen molar-refractivity contribution in [3.05, 3.63) is 42.2 Å². The van der Waals surface area contributed by atoms with Gasteiger partial charge >= 0.3 is 0 Å². The first kappa shape index (κ1) is 25.2. The Morgan fingerprint density at radius 2 is 1.97 bits per heavy atom. The van der Waals surface area contributed by atoms with Crippen LogP contribution in [0.15, 0.2) is 36.7 Å². The summed E-state index contributed by atoms with van der Waals surface area (Å²) in [4.78, 5) is 18.5. The molecule has 4 aromatic heterocycles. The zero-order valence-corrected chi connectivity index (χ0v) is 23.1. The molecule has 1 spiro atoms. The second kappa shape index (κ2) is 9.93. The van der Waals surface area contributed by atoms with Crippen LogP contribution in [0.1, 0.15) is 52.0 Å². The van der Waals surface area contributed by atoms with Gasteiger partial charge in [-0.05, 0) is 63.8 Å². The highest BCUT2D eigenvalue weighted by atomic mass is 32.1. The summed E-state index contributed by atoms with van der Waals surface area (Å²) in [5, 5.41) is 31.1. The number of nitrogens with zero attached hydrogens (tertiary/aromatic N) is 7. The summed E-state index contributed by atoms with van der Waals surface area (Å²) < 4.78 is 1.80. The number of hydrogen-bond acceptors (Lipinski definition) is 9. The van der Waals surface area contributed by atoms with Gasteiger partial charge in [-0.1, -0.05) is 11.3 Å². The smallest absolute Gasteiger partial charge is 0.217 e. The molecular formula is C28H31N9OS. The van der Waals surface area contributed by atoms with Gasteiger partial charge in [-0.3, -0.25) is 9.78 Å². The van der Waals surface area contributed by atoms with Crippen molar-refractivity contribution in [3.63, 3.8) is 0 Å². The topological polar surface area (TPSA) is 124 Å². The third kappa shape index (κ3) is 4.92. The lowest BCUT2D eigenvalue weighted by Gasteiger charge is -2.53. The Morgan fingerprint density at radius 1 is 1.18 bits per heavy atom. The fourth-order valence-electron chi connectivity index (χ4n) is 5.78. The van der Waals surface area contributed by atoms with Gasteiger partial charge in [-0.15, -0.1) is 10.2 Å². The zero-order chi connectivity index (χ0) is 27.1. The number of rotatable bonds is 6. The van der Waals surface area contributed by atoms with Crippen molar-refractivity contribution in [2.24, 2.45) is 5.41 Å². The lowest BCUT2D eigenvalue weighted by atomic mass is 9.67. The van der Waals surface area contributed by atoms with Gasteiger partial charge in [0.25, 0.3) is 0 Å². The number of carbonyl (C=O) groups is 1. The first-order chi connectivity index (χ1) is 18.8. The van der Waals surface area contributed by atoms with Crippen LogP contribution >= 0.6 is 11.3 Å². The van der Waals surface area contributed by atoms with E-state index in [0.29, 0.717) is 17.0 Å². The number of hydrogen-bond donors (Lipinski definition) is 2. The summed E-state index contributed by atoms with van der Waals surface area (Å²) in [5.74, 6) is 0.0640. The molecule has 1 amide bonds. The average molecular weight is 542 g/mol. The van der Waals surface area contributed by atoms with E-state index in [2.05, 4.69) is 50.7 Å². The molecule has 2 N–H and O–H groups in total. The van der Waals surface area contributed by atoms with E-state index in [4.69, 9.17) is 4.98 Å². The summed E-state index contributed by atoms with van der Waals surface area (Å²) in [5.41, 5.74) is 5.19. The second-order valence-corrected chi connectivity index (χ2v) is 12.0. The van der Waals surface area contributed by atoms with E-state index in [1.165, 1.54) is 0 Å². The summed E-state index contributed by atoms with van der Waals surface area (Å²) in [7, 11) is 0. The molecule has 1 saturated heterocycles. The number of pyridine rings is 1. The Kier molecular flexibility index (Phi) is 6.43. The predicted molar refractivity (Wildman–Crippen MR) is 152 cm³/mol. The lowest BCUT2D eigenvalue weighted by Crippen LogP contribution is -2.59. The average Bonchev–Trinajstić information content (AvgIpc) is 3.54. The fourth-order valence-corrected chi connectivity index (χ4v) is 6.65. The number of nitrogens with one attached hydrogen (secondary N) is 2. The molecule has 0 bridgehead atoms. The highest BCUT2D eigenvalue weighted by Crippen LogP contribution is 2.47. The van der Waals surface area contributed by atoms with Gasteiger partial charge in [0.1, 0.15) is 6.07 Å². The van der Waals surface area contributed by atoms with Gasteiger partial charge in [-0.25, -0.2) is 4.52 Å². The number of aromatic nitrogens is 5. The second-order valence-electron chi connectivity index (χ2n) is 11.0. The molecule has 6 rings (SSSR count). The van der Waals surface area contributed by atoms with Crippen LogP contribution < -0.4 is 15.5 Å². The number of amides is 1. The van der Waals surface area contributed by atoms with E-state index in [-0.39, 0.29) is 11.9 Å². The van der Waals surface area contributed by atoms with E-state index in [0.717, 1.165) is 77.1 Å². The molecular weight excluding hydrogens is 510 g/mol. The molecule has 2 aliphatic rings. The van der Waals surface area contributed by atoms with Crippen LogP contribution in [-0.2, 0) is 4.79 Å². The number of carbonyl (C=O) groups excluding carboxylic acids is 1. The minimum atomic E-state index is 0.0640. The lowest BCUT2D eigenvalue weighted by molar-refractivity contribution is -0.120. The molecule has 0 atom stereocenters. The normalized spacial score (nSPS) is 16.8. The highest BCUT2D eigenvalue weighted by molar-refractivity contribution is 7.18. The molecule has 4 aromatic rings. The number of fused-ring (bicyclic) bond motifs is 1. The molecule has 200 valence electrons. The number of anilines is 2. The summed E-state index contributed by atoms with van der Waals surface area (Å²) in [6.45, 7) is 7.79. The van der Waals surface area contributed by atoms with Crippen LogP contribution in [0.5, 0.6) is 0 Å². The van der Waals surface area contributed by atoms with Gasteiger partial charge in [0.15, 0.2) is 5.01 Å². The first-order valence-electron chi connectivity index (χ1n) is 13.3. The maximum absolute atomic E-state index is 11.4. The van der Waals surface area contributed by atoms with Crippen LogP contribution in [0, 0.1) is 16.7 Å². The molecule has 2 fully saturated rings. The maximum Gasteiger partial charge on any atom is 0.217 e. The molecule has 0 unspecified atom stereocenters. The van der Waals surface area contributed by atoms with Gasteiger partial charge in [0.2, 0.25) is 11.0 Å². The van der Waals surface area contributed by atoms with Crippen LogP contribution in [0.4, 0.5) is 10.8 Å². The summed E-state index contributed by atoms with van der Waals surface area (Å²) in [6.07, 6.45) is 7.78. The standard InChI is InChI=1S/C28H31N9OS/c1-17(2)32-23-11-24(25-5-4-21-10-19(12-29)13-31-37(21)25)30-14-22(23)26-34-35-27(39-26)36-15-28(16-36)8-6-20(7-9-28)33-18(3)38/h4-5,10-11,13-14,17,20H,6-9,15-16H2,1-3H3,(H,30,32)(H,33,38). The highest BCUT2D eigenvalue weighted by Gasteiger charge is 2.46. The fraction of sp³-hybridized carbons (Fsp3) is 0.429. The Labute approximate surface area is 231 Å². The van der Waals surface area contributed by atoms with E-state index in [9.17, 15) is 10.1 Å². The van der Waals surface area contributed by atoms with Gasteiger partial charge in [0, 0.05) is 49.4 Å². The molecule has 0 aromatic carbocycles. The Balaban J connectivity index is 1.21. The van der Waals surface area contributed by atoms with E-state index < -0.39 is 0 Å².